The highest BCUT2D eigenvalue weighted by Crippen LogP contribution is 2.25. The molecule has 5 nitrogen and oxygen atoms in total. The van der Waals surface area contributed by atoms with E-state index in [1.54, 1.807) is 23.1 Å². The van der Waals surface area contributed by atoms with E-state index in [0.717, 1.165) is 25.0 Å². The van der Waals surface area contributed by atoms with Crippen molar-refractivity contribution in [1.82, 2.24) is 15.1 Å². The second-order valence-corrected chi connectivity index (χ2v) is 6.00. The number of amides is 1. The van der Waals surface area contributed by atoms with Gasteiger partial charge in [-0.15, -0.1) is 11.3 Å². The topological polar surface area (TPSA) is 72.9 Å². The highest BCUT2D eigenvalue weighted by Gasteiger charge is 2.22. The minimum atomic E-state index is -0.158. The lowest BCUT2D eigenvalue weighted by Gasteiger charge is -2.17. The van der Waals surface area contributed by atoms with E-state index < -0.39 is 0 Å². The molecule has 2 rings (SSSR count). The molecule has 1 atom stereocenters. The average molecular weight is 306 g/mol. The Morgan fingerprint density at radius 2 is 2.29 bits per heavy atom. The van der Waals surface area contributed by atoms with Gasteiger partial charge in [0, 0.05) is 11.9 Å². The summed E-state index contributed by atoms with van der Waals surface area (Å²) < 4.78 is 1.57. The highest BCUT2D eigenvalue weighted by atomic mass is 32.1. The molecular weight excluding hydrogens is 284 g/mol. The first-order valence-corrected chi connectivity index (χ1v) is 8.12. The summed E-state index contributed by atoms with van der Waals surface area (Å²) in [6.07, 6.45) is 2.63. The van der Waals surface area contributed by atoms with Crippen molar-refractivity contribution in [3.63, 3.8) is 0 Å². The number of nitrogens with two attached hydrogens (primary N) is 1. The van der Waals surface area contributed by atoms with Crippen molar-refractivity contribution in [2.45, 2.75) is 39.2 Å². The van der Waals surface area contributed by atoms with Crippen LogP contribution in [0.15, 0.2) is 17.5 Å². The Hall–Kier alpha value is -1.82. The SMILES string of the molecule is CCCC(NC(=O)c1c(N)c(CC)nn1C)c1cccs1. The van der Waals surface area contributed by atoms with Crippen LogP contribution >= 0.6 is 11.3 Å². The zero-order valence-electron chi connectivity index (χ0n) is 12.7. The summed E-state index contributed by atoms with van der Waals surface area (Å²) in [5.41, 5.74) is 7.75. The minimum Gasteiger partial charge on any atom is -0.395 e. The Labute approximate surface area is 129 Å². The fraction of sp³-hybridized carbons (Fsp3) is 0.467. The largest absolute Gasteiger partial charge is 0.395 e. The monoisotopic (exact) mass is 306 g/mol. The second-order valence-electron chi connectivity index (χ2n) is 5.02. The lowest BCUT2D eigenvalue weighted by atomic mass is 10.1. The number of nitrogen functional groups attached to an aromatic ring is 1. The van der Waals surface area contributed by atoms with Crippen LogP contribution in [-0.2, 0) is 13.5 Å². The van der Waals surface area contributed by atoms with Crippen LogP contribution in [0.1, 0.15) is 53.8 Å². The molecule has 0 saturated carbocycles. The number of anilines is 1. The number of thiophene rings is 1. The maximum absolute atomic E-state index is 12.5. The predicted molar refractivity (Wildman–Crippen MR) is 86.4 cm³/mol. The minimum absolute atomic E-state index is 0.0295. The van der Waals surface area contributed by atoms with Gasteiger partial charge in [-0.25, -0.2) is 0 Å². The standard InChI is InChI=1S/C15H22N4OS/c1-4-7-11(12-8-6-9-21-12)17-15(20)14-13(16)10(5-2)18-19(14)3/h6,8-9,11H,4-5,7,16H2,1-3H3,(H,17,20). The smallest absolute Gasteiger partial charge is 0.272 e. The van der Waals surface area contributed by atoms with Crippen LogP contribution < -0.4 is 11.1 Å². The molecule has 0 aliphatic rings. The fourth-order valence-electron chi connectivity index (χ4n) is 2.42. The summed E-state index contributed by atoms with van der Waals surface area (Å²) >= 11 is 1.66. The first-order chi connectivity index (χ1) is 10.1. The number of carbonyl (C=O) groups excluding carboxylic acids is 1. The Morgan fingerprint density at radius 1 is 1.52 bits per heavy atom. The number of hydrogen-bond donors (Lipinski definition) is 2. The molecule has 2 heterocycles. The Morgan fingerprint density at radius 3 is 2.81 bits per heavy atom. The normalized spacial score (nSPS) is 12.3. The van der Waals surface area contributed by atoms with Crippen LogP contribution in [0.2, 0.25) is 0 Å². The molecule has 0 fully saturated rings. The molecule has 0 aliphatic carbocycles. The Kier molecular flexibility index (Phi) is 5.01. The molecule has 1 amide bonds. The summed E-state index contributed by atoms with van der Waals surface area (Å²) in [5, 5.41) is 9.41. The van der Waals surface area contributed by atoms with Gasteiger partial charge in [-0.2, -0.15) is 5.10 Å². The van der Waals surface area contributed by atoms with E-state index in [1.807, 2.05) is 18.4 Å². The van der Waals surface area contributed by atoms with E-state index in [4.69, 9.17) is 5.73 Å². The van der Waals surface area contributed by atoms with E-state index in [0.29, 0.717) is 11.4 Å². The van der Waals surface area contributed by atoms with Gasteiger partial charge in [0.2, 0.25) is 0 Å². The number of carbonyl (C=O) groups is 1. The maximum Gasteiger partial charge on any atom is 0.272 e. The van der Waals surface area contributed by atoms with Crippen molar-refractivity contribution in [1.29, 1.82) is 0 Å². The van der Waals surface area contributed by atoms with Crippen molar-refractivity contribution in [2.24, 2.45) is 7.05 Å². The van der Waals surface area contributed by atoms with Gasteiger partial charge in [-0.05, 0) is 24.3 Å². The number of nitrogens with zero attached hydrogens (tertiary/aromatic N) is 2. The molecule has 0 aromatic carbocycles. The van der Waals surface area contributed by atoms with Crippen LogP contribution in [-0.4, -0.2) is 15.7 Å². The van der Waals surface area contributed by atoms with Crippen LogP contribution in [0, 0.1) is 0 Å². The fourth-order valence-corrected chi connectivity index (χ4v) is 3.23. The number of nitrogens with one attached hydrogen (secondary N) is 1. The van der Waals surface area contributed by atoms with Crippen molar-refractivity contribution in [3.8, 4) is 0 Å². The highest BCUT2D eigenvalue weighted by molar-refractivity contribution is 7.10. The van der Waals surface area contributed by atoms with Gasteiger partial charge in [-0.3, -0.25) is 9.48 Å². The van der Waals surface area contributed by atoms with E-state index >= 15 is 0 Å². The third-order valence-electron chi connectivity index (χ3n) is 3.48. The molecule has 6 heteroatoms. The molecule has 1 unspecified atom stereocenters. The second kappa shape index (κ2) is 6.76. The summed E-state index contributed by atoms with van der Waals surface area (Å²) in [6.45, 7) is 4.09. The van der Waals surface area contributed by atoms with Gasteiger partial charge >= 0.3 is 0 Å². The molecule has 21 heavy (non-hydrogen) atoms. The summed E-state index contributed by atoms with van der Waals surface area (Å²) in [5.74, 6) is -0.158. The van der Waals surface area contributed by atoms with E-state index in [2.05, 4.69) is 23.4 Å². The molecular formula is C15H22N4OS. The van der Waals surface area contributed by atoms with Gasteiger partial charge in [0.25, 0.3) is 5.91 Å². The van der Waals surface area contributed by atoms with Gasteiger partial charge in [0.15, 0.2) is 0 Å². The maximum atomic E-state index is 12.5. The van der Waals surface area contributed by atoms with Gasteiger partial charge in [-0.1, -0.05) is 26.3 Å². The molecule has 0 aliphatic heterocycles. The van der Waals surface area contributed by atoms with Crippen LogP contribution in [0.5, 0.6) is 0 Å². The van der Waals surface area contributed by atoms with Gasteiger partial charge < -0.3 is 11.1 Å². The first kappa shape index (κ1) is 15.6. The van der Waals surface area contributed by atoms with E-state index in [1.165, 1.54) is 4.88 Å². The molecule has 2 aromatic rings. The number of hydrogen-bond acceptors (Lipinski definition) is 4. The summed E-state index contributed by atoms with van der Waals surface area (Å²) in [7, 11) is 1.75. The Balaban J connectivity index is 2.21. The van der Waals surface area contributed by atoms with Gasteiger partial charge in [0.1, 0.15) is 5.69 Å². The van der Waals surface area contributed by atoms with Gasteiger partial charge in [0.05, 0.1) is 17.4 Å². The van der Waals surface area contributed by atoms with Crippen molar-refractivity contribution in [3.05, 3.63) is 33.8 Å². The van der Waals surface area contributed by atoms with E-state index in [9.17, 15) is 4.79 Å². The molecule has 0 spiro atoms. The average Bonchev–Trinajstić information content (AvgIpc) is 3.06. The van der Waals surface area contributed by atoms with E-state index in [-0.39, 0.29) is 11.9 Å². The number of aromatic nitrogens is 2. The molecule has 3 N–H and O–H groups in total. The zero-order valence-corrected chi connectivity index (χ0v) is 13.5. The first-order valence-electron chi connectivity index (χ1n) is 7.24. The zero-order chi connectivity index (χ0) is 15.4. The third-order valence-corrected chi connectivity index (χ3v) is 4.47. The Bertz CT molecular complexity index is 603. The van der Waals surface area contributed by atoms with Crippen molar-refractivity contribution < 1.29 is 4.79 Å². The summed E-state index contributed by atoms with van der Waals surface area (Å²) in [6, 6.07) is 4.08. The lowest BCUT2D eigenvalue weighted by molar-refractivity contribution is 0.0926. The predicted octanol–water partition coefficient (Wildman–Crippen LogP) is 2.90. The number of rotatable bonds is 6. The summed E-state index contributed by atoms with van der Waals surface area (Å²) in [4.78, 5) is 13.7. The lowest BCUT2D eigenvalue weighted by Crippen LogP contribution is -2.30. The van der Waals surface area contributed by atoms with Crippen LogP contribution in [0.4, 0.5) is 5.69 Å². The number of aryl methyl sites for hydroxylation is 2. The van der Waals surface area contributed by atoms with Crippen LogP contribution in [0.3, 0.4) is 0 Å². The van der Waals surface area contributed by atoms with Crippen LogP contribution in [0.25, 0.3) is 0 Å². The molecule has 2 aromatic heterocycles. The third kappa shape index (κ3) is 3.26. The molecule has 0 radical (unpaired) electrons. The molecule has 0 saturated heterocycles. The quantitative estimate of drug-likeness (QED) is 0.862. The van der Waals surface area contributed by atoms with Crippen molar-refractivity contribution >= 4 is 22.9 Å². The molecule has 0 bridgehead atoms. The molecule has 114 valence electrons. The van der Waals surface area contributed by atoms with Crippen molar-refractivity contribution in [2.75, 3.05) is 5.73 Å².